The number of piperazine rings is 1. The fraction of sp³-hybridized carbons (Fsp3) is 0.700. The minimum absolute atomic E-state index is 0.121. The van der Waals surface area contributed by atoms with Crippen LogP contribution < -0.4 is 0 Å². The smallest absolute Gasteiger partial charge is 0.0723 e. The number of hydrogen-bond donors (Lipinski definition) is 1. The van der Waals surface area contributed by atoms with E-state index in [9.17, 15) is 5.11 Å². The number of benzene rings is 1. The molecule has 3 aliphatic heterocycles. The van der Waals surface area contributed by atoms with Crippen molar-refractivity contribution in [2.24, 2.45) is 5.92 Å². The van der Waals surface area contributed by atoms with E-state index in [2.05, 4.69) is 40.1 Å². The molecule has 1 aliphatic carbocycles. The number of aliphatic hydroxyl groups excluding tert-OH is 1. The largest absolute Gasteiger partial charge is 0.391 e. The van der Waals surface area contributed by atoms with Gasteiger partial charge in [-0.2, -0.15) is 0 Å². The van der Waals surface area contributed by atoms with Crippen molar-refractivity contribution in [1.29, 1.82) is 0 Å². The van der Waals surface area contributed by atoms with Crippen molar-refractivity contribution in [3.05, 3.63) is 35.9 Å². The molecule has 0 spiro atoms. The van der Waals surface area contributed by atoms with Gasteiger partial charge in [0, 0.05) is 38.3 Å². The summed E-state index contributed by atoms with van der Waals surface area (Å²) in [5.74, 6) is 0.873. The molecule has 3 nitrogen and oxygen atoms in total. The third-order valence-corrected chi connectivity index (χ3v) is 6.26. The van der Waals surface area contributed by atoms with Crippen molar-refractivity contribution in [3.63, 3.8) is 0 Å². The van der Waals surface area contributed by atoms with E-state index >= 15 is 0 Å². The van der Waals surface area contributed by atoms with E-state index in [1.807, 2.05) is 0 Å². The Balaban J connectivity index is 1.39. The maximum atomic E-state index is 10.5. The lowest BCUT2D eigenvalue weighted by molar-refractivity contribution is -0.102. The molecule has 5 rings (SSSR count). The molecule has 3 heteroatoms. The summed E-state index contributed by atoms with van der Waals surface area (Å²) >= 11 is 0. The van der Waals surface area contributed by atoms with Crippen LogP contribution in [0.5, 0.6) is 0 Å². The number of hydrogen-bond acceptors (Lipinski definition) is 3. The van der Waals surface area contributed by atoms with Crippen LogP contribution in [0.2, 0.25) is 0 Å². The first kappa shape index (κ1) is 15.6. The third kappa shape index (κ3) is 3.47. The fourth-order valence-electron chi connectivity index (χ4n) is 4.97. The van der Waals surface area contributed by atoms with Crippen LogP contribution in [0.3, 0.4) is 0 Å². The van der Waals surface area contributed by atoms with Gasteiger partial charge in [-0.05, 0) is 30.7 Å². The Bertz CT molecular complexity index is 500. The molecule has 23 heavy (non-hydrogen) atoms. The Morgan fingerprint density at radius 2 is 1.74 bits per heavy atom. The molecule has 3 atom stereocenters. The lowest BCUT2D eigenvalue weighted by atomic mass is 9.84. The van der Waals surface area contributed by atoms with E-state index < -0.39 is 0 Å². The van der Waals surface area contributed by atoms with E-state index in [1.54, 1.807) is 0 Å². The molecule has 126 valence electrons. The van der Waals surface area contributed by atoms with Gasteiger partial charge in [0.1, 0.15) is 0 Å². The van der Waals surface area contributed by atoms with E-state index in [0.717, 1.165) is 32.0 Å². The van der Waals surface area contributed by atoms with Crippen molar-refractivity contribution in [2.45, 2.75) is 63.3 Å². The van der Waals surface area contributed by atoms with Crippen molar-refractivity contribution in [2.75, 3.05) is 19.6 Å². The Morgan fingerprint density at radius 1 is 0.957 bits per heavy atom. The molecule has 3 saturated heterocycles. The number of rotatable bonds is 4. The molecule has 0 unspecified atom stereocenters. The number of fused-ring (bicyclic) bond motifs is 3. The monoisotopic (exact) mass is 314 g/mol. The molecule has 4 aliphatic rings. The van der Waals surface area contributed by atoms with Crippen LogP contribution in [0, 0.1) is 5.92 Å². The van der Waals surface area contributed by atoms with Gasteiger partial charge in [0.15, 0.2) is 0 Å². The molecule has 1 saturated carbocycles. The highest BCUT2D eigenvalue weighted by molar-refractivity contribution is 5.15. The van der Waals surface area contributed by atoms with Crippen LogP contribution in [0.15, 0.2) is 30.3 Å². The minimum Gasteiger partial charge on any atom is -0.391 e. The highest BCUT2D eigenvalue weighted by atomic mass is 16.3. The first-order chi connectivity index (χ1) is 11.3. The lowest BCUT2D eigenvalue weighted by Crippen LogP contribution is -2.68. The van der Waals surface area contributed by atoms with E-state index in [-0.39, 0.29) is 6.10 Å². The van der Waals surface area contributed by atoms with E-state index in [4.69, 9.17) is 0 Å². The van der Waals surface area contributed by atoms with Crippen LogP contribution in [0.25, 0.3) is 0 Å². The second-order valence-corrected chi connectivity index (χ2v) is 7.90. The SMILES string of the molecule is O[C@H]1C[C@H]2CN(CC3CCCCC3)[C@@H]1CN2Cc1ccccc1. The summed E-state index contributed by atoms with van der Waals surface area (Å²) in [6, 6.07) is 11.7. The molecule has 0 radical (unpaired) electrons. The molecule has 0 amide bonds. The summed E-state index contributed by atoms with van der Waals surface area (Å²) < 4.78 is 0. The summed E-state index contributed by atoms with van der Waals surface area (Å²) in [6.45, 7) is 4.45. The summed E-state index contributed by atoms with van der Waals surface area (Å²) in [5, 5.41) is 10.5. The number of piperidine rings is 2. The Labute approximate surface area is 140 Å². The van der Waals surface area contributed by atoms with Crippen LogP contribution in [-0.2, 0) is 6.54 Å². The third-order valence-electron chi connectivity index (χ3n) is 6.26. The van der Waals surface area contributed by atoms with Crippen molar-refractivity contribution < 1.29 is 5.11 Å². The summed E-state index contributed by atoms with van der Waals surface area (Å²) in [6.07, 6.45) is 7.89. The summed E-state index contributed by atoms with van der Waals surface area (Å²) in [7, 11) is 0. The average Bonchev–Trinajstić information content (AvgIpc) is 2.58. The summed E-state index contributed by atoms with van der Waals surface area (Å²) in [5.41, 5.74) is 1.40. The molecule has 1 aromatic rings. The van der Waals surface area contributed by atoms with E-state index in [1.165, 1.54) is 44.2 Å². The first-order valence-electron chi connectivity index (χ1n) is 9.49. The topological polar surface area (TPSA) is 26.7 Å². The highest BCUT2D eigenvalue weighted by Gasteiger charge is 2.44. The minimum atomic E-state index is -0.121. The molecule has 4 fully saturated rings. The zero-order valence-electron chi connectivity index (χ0n) is 14.1. The molecule has 2 bridgehead atoms. The molecular weight excluding hydrogens is 284 g/mol. The Hall–Kier alpha value is -0.900. The molecule has 3 heterocycles. The zero-order valence-corrected chi connectivity index (χ0v) is 14.1. The van der Waals surface area contributed by atoms with Crippen LogP contribution in [0.4, 0.5) is 0 Å². The normalized spacial score (nSPS) is 33.2. The summed E-state index contributed by atoms with van der Waals surface area (Å²) in [4.78, 5) is 5.22. The first-order valence-corrected chi connectivity index (χ1v) is 9.49. The van der Waals surface area contributed by atoms with Crippen LogP contribution >= 0.6 is 0 Å². The van der Waals surface area contributed by atoms with Gasteiger partial charge in [0.25, 0.3) is 0 Å². The average molecular weight is 314 g/mol. The van der Waals surface area contributed by atoms with Gasteiger partial charge in [-0.25, -0.2) is 0 Å². The second kappa shape index (κ2) is 6.92. The van der Waals surface area contributed by atoms with E-state index in [0.29, 0.717) is 12.1 Å². The van der Waals surface area contributed by atoms with Gasteiger partial charge >= 0.3 is 0 Å². The quantitative estimate of drug-likeness (QED) is 0.926. The van der Waals surface area contributed by atoms with Crippen LogP contribution in [0.1, 0.15) is 44.1 Å². The molecule has 1 N–H and O–H groups in total. The molecular formula is C20H30N2O. The van der Waals surface area contributed by atoms with Gasteiger partial charge in [-0.3, -0.25) is 9.80 Å². The van der Waals surface area contributed by atoms with Crippen molar-refractivity contribution in [1.82, 2.24) is 9.80 Å². The molecule has 0 aromatic heterocycles. The predicted molar refractivity (Wildman–Crippen MR) is 93.2 cm³/mol. The maximum Gasteiger partial charge on any atom is 0.0723 e. The van der Waals surface area contributed by atoms with Gasteiger partial charge < -0.3 is 5.11 Å². The fourth-order valence-corrected chi connectivity index (χ4v) is 4.97. The maximum absolute atomic E-state index is 10.5. The predicted octanol–water partition coefficient (Wildman–Crippen LogP) is 2.89. The lowest BCUT2D eigenvalue weighted by Gasteiger charge is -2.54. The number of nitrogens with zero attached hydrogens (tertiary/aromatic N) is 2. The molecule has 1 aromatic carbocycles. The Morgan fingerprint density at radius 3 is 2.48 bits per heavy atom. The van der Waals surface area contributed by atoms with Crippen LogP contribution in [-0.4, -0.2) is 52.7 Å². The Kier molecular flexibility index (Phi) is 4.70. The van der Waals surface area contributed by atoms with Crippen molar-refractivity contribution >= 4 is 0 Å². The van der Waals surface area contributed by atoms with Gasteiger partial charge in [0.2, 0.25) is 0 Å². The van der Waals surface area contributed by atoms with Gasteiger partial charge in [0.05, 0.1) is 6.10 Å². The standard InChI is InChI=1S/C20H30N2O/c23-20-11-18-14-22(13-17-9-5-2-6-10-17)19(20)15-21(18)12-16-7-3-1-4-8-16/h1,3-4,7-8,17-20,23H,2,5-6,9-15H2/t18-,19+,20-/m0/s1. The highest BCUT2D eigenvalue weighted by Crippen LogP contribution is 2.33. The zero-order chi connectivity index (χ0) is 15.6. The van der Waals surface area contributed by atoms with Crippen molar-refractivity contribution in [3.8, 4) is 0 Å². The second-order valence-electron chi connectivity index (χ2n) is 7.90. The van der Waals surface area contributed by atoms with Gasteiger partial charge in [-0.15, -0.1) is 0 Å². The van der Waals surface area contributed by atoms with Gasteiger partial charge in [-0.1, -0.05) is 49.6 Å². The number of aliphatic hydroxyl groups is 1.